The van der Waals surface area contributed by atoms with Crippen LogP contribution in [0.4, 0.5) is 10.7 Å². The third-order valence-corrected chi connectivity index (χ3v) is 3.80. The van der Waals surface area contributed by atoms with Gasteiger partial charge in [-0.15, -0.1) is 0 Å². The van der Waals surface area contributed by atoms with Crippen molar-refractivity contribution in [2.24, 2.45) is 7.05 Å². The van der Waals surface area contributed by atoms with Gasteiger partial charge in [0.25, 0.3) is 0 Å². The lowest BCUT2D eigenvalue weighted by Crippen LogP contribution is -2.40. The van der Waals surface area contributed by atoms with Crippen molar-refractivity contribution in [3.05, 3.63) is 6.33 Å². The highest BCUT2D eigenvalue weighted by Gasteiger charge is 2.16. The molecule has 0 unspecified atom stereocenters. The Balaban J connectivity index is 1.65. The molecule has 7 heteroatoms. The molecule has 0 aromatic carbocycles. The normalized spacial score (nSPS) is 17.7. The zero-order valence-electron chi connectivity index (χ0n) is 12.3. The van der Waals surface area contributed by atoms with E-state index < -0.39 is 0 Å². The number of aryl methyl sites for hydroxylation is 1. The average molecular weight is 280 g/mol. The maximum absolute atomic E-state index is 11.7. The number of rotatable bonds is 5. The summed E-state index contributed by atoms with van der Waals surface area (Å²) in [5, 5.41) is 9.43. The molecular formula is C13H24N6O. The summed E-state index contributed by atoms with van der Waals surface area (Å²) in [5.41, 5.74) is 0. The first-order valence-corrected chi connectivity index (χ1v) is 7.29. The Morgan fingerprint density at radius 3 is 2.80 bits per heavy atom. The Hall–Kier alpha value is -1.63. The number of urea groups is 1. The van der Waals surface area contributed by atoms with E-state index in [1.165, 1.54) is 43.4 Å². The van der Waals surface area contributed by atoms with Crippen LogP contribution in [0.15, 0.2) is 6.33 Å². The SMILES string of the molecule is C[C@H](CCNC(=O)Nc1ncnn1C)N1CCCCC1. The third-order valence-electron chi connectivity index (χ3n) is 3.80. The van der Waals surface area contributed by atoms with Crippen LogP contribution in [0.1, 0.15) is 32.6 Å². The van der Waals surface area contributed by atoms with Gasteiger partial charge < -0.3 is 10.2 Å². The van der Waals surface area contributed by atoms with Gasteiger partial charge >= 0.3 is 6.03 Å². The van der Waals surface area contributed by atoms with Crippen LogP contribution in [0.25, 0.3) is 0 Å². The van der Waals surface area contributed by atoms with Crippen molar-refractivity contribution >= 4 is 12.0 Å². The summed E-state index contributed by atoms with van der Waals surface area (Å²) in [4.78, 5) is 18.2. The molecule has 1 saturated heterocycles. The number of likely N-dealkylation sites (tertiary alicyclic amines) is 1. The lowest BCUT2D eigenvalue weighted by Gasteiger charge is -2.32. The van der Waals surface area contributed by atoms with E-state index in [1.54, 1.807) is 7.05 Å². The fourth-order valence-corrected chi connectivity index (χ4v) is 2.49. The molecule has 2 N–H and O–H groups in total. The molecule has 112 valence electrons. The van der Waals surface area contributed by atoms with Crippen LogP contribution in [0.2, 0.25) is 0 Å². The maximum Gasteiger partial charge on any atom is 0.321 e. The first-order chi connectivity index (χ1) is 9.66. The molecule has 1 aromatic heterocycles. The first kappa shape index (κ1) is 14.8. The second-order valence-corrected chi connectivity index (χ2v) is 5.32. The number of anilines is 1. The molecule has 2 amide bonds. The number of carbonyl (C=O) groups excluding carboxylic acids is 1. The predicted octanol–water partition coefficient (Wildman–Crippen LogP) is 1.20. The average Bonchev–Trinajstić information content (AvgIpc) is 2.85. The fraction of sp³-hybridized carbons (Fsp3) is 0.769. The third kappa shape index (κ3) is 4.19. The molecule has 20 heavy (non-hydrogen) atoms. The number of hydrogen-bond donors (Lipinski definition) is 2. The van der Waals surface area contributed by atoms with Crippen LogP contribution in [0.5, 0.6) is 0 Å². The lowest BCUT2D eigenvalue weighted by atomic mass is 10.1. The van der Waals surface area contributed by atoms with E-state index in [4.69, 9.17) is 0 Å². The van der Waals surface area contributed by atoms with Crippen LogP contribution in [-0.4, -0.2) is 51.4 Å². The van der Waals surface area contributed by atoms with Crippen molar-refractivity contribution < 1.29 is 4.79 Å². The van der Waals surface area contributed by atoms with Crippen LogP contribution >= 0.6 is 0 Å². The standard InChI is InChI=1S/C13H24N6O/c1-11(19-8-4-3-5-9-19)6-7-14-13(20)17-12-15-10-16-18(12)2/h10-11H,3-9H2,1-2H3,(H2,14,15,16,17,20)/t11-/m1/s1. The monoisotopic (exact) mass is 280 g/mol. The molecule has 2 rings (SSSR count). The van der Waals surface area contributed by atoms with Crippen molar-refractivity contribution in [1.82, 2.24) is 25.0 Å². The van der Waals surface area contributed by atoms with Crippen molar-refractivity contribution in [2.45, 2.75) is 38.6 Å². The number of nitrogens with one attached hydrogen (secondary N) is 2. The second-order valence-electron chi connectivity index (χ2n) is 5.32. The second kappa shape index (κ2) is 7.23. The molecule has 1 atom stereocenters. The molecule has 0 saturated carbocycles. The van der Waals surface area contributed by atoms with Crippen LogP contribution < -0.4 is 10.6 Å². The molecule has 0 aliphatic carbocycles. The van der Waals surface area contributed by atoms with E-state index in [0.29, 0.717) is 18.5 Å². The molecule has 1 fully saturated rings. The largest absolute Gasteiger partial charge is 0.338 e. The van der Waals surface area contributed by atoms with Crippen LogP contribution in [0.3, 0.4) is 0 Å². The van der Waals surface area contributed by atoms with Gasteiger partial charge in [-0.25, -0.2) is 9.48 Å². The van der Waals surface area contributed by atoms with Crippen molar-refractivity contribution in [3.63, 3.8) is 0 Å². The van der Waals surface area contributed by atoms with Gasteiger partial charge in [0, 0.05) is 19.6 Å². The number of hydrogen-bond acceptors (Lipinski definition) is 4. The topological polar surface area (TPSA) is 75.1 Å². The van der Waals surface area contributed by atoms with E-state index in [1.807, 2.05) is 0 Å². The molecule has 1 aliphatic rings. The van der Waals surface area contributed by atoms with E-state index in [-0.39, 0.29) is 6.03 Å². The van der Waals surface area contributed by atoms with Crippen molar-refractivity contribution in [1.29, 1.82) is 0 Å². The van der Waals surface area contributed by atoms with Crippen molar-refractivity contribution in [3.8, 4) is 0 Å². The number of carbonyl (C=O) groups is 1. The van der Waals surface area contributed by atoms with Gasteiger partial charge in [-0.05, 0) is 39.3 Å². The molecule has 0 spiro atoms. The number of nitrogens with zero attached hydrogens (tertiary/aromatic N) is 4. The van der Waals surface area contributed by atoms with E-state index in [0.717, 1.165) is 6.42 Å². The molecule has 2 heterocycles. The Morgan fingerprint density at radius 1 is 1.40 bits per heavy atom. The quantitative estimate of drug-likeness (QED) is 0.850. The summed E-state index contributed by atoms with van der Waals surface area (Å²) in [6.45, 7) is 5.27. The summed E-state index contributed by atoms with van der Waals surface area (Å²) in [7, 11) is 1.74. The van der Waals surface area contributed by atoms with E-state index >= 15 is 0 Å². The minimum Gasteiger partial charge on any atom is -0.338 e. The molecule has 7 nitrogen and oxygen atoms in total. The van der Waals surface area contributed by atoms with E-state index in [9.17, 15) is 4.79 Å². The number of amides is 2. The molecular weight excluding hydrogens is 256 g/mol. The summed E-state index contributed by atoms with van der Waals surface area (Å²) in [6, 6.07) is 0.289. The number of piperidine rings is 1. The van der Waals surface area contributed by atoms with Gasteiger partial charge in [0.05, 0.1) is 0 Å². The highest BCUT2D eigenvalue weighted by molar-refractivity contribution is 5.87. The first-order valence-electron chi connectivity index (χ1n) is 7.29. The summed E-state index contributed by atoms with van der Waals surface area (Å²) < 4.78 is 1.52. The van der Waals surface area contributed by atoms with Gasteiger partial charge in [0.1, 0.15) is 6.33 Å². The summed E-state index contributed by atoms with van der Waals surface area (Å²) in [5.74, 6) is 0.451. The highest BCUT2D eigenvalue weighted by atomic mass is 16.2. The van der Waals surface area contributed by atoms with Crippen LogP contribution in [-0.2, 0) is 7.05 Å². The number of aromatic nitrogens is 3. The summed E-state index contributed by atoms with van der Waals surface area (Å²) in [6.07, 6.45) is 6.32. The molecule has 0 radical (unpaired) electrons. The highest BCUT2D eigenvalue weighted by Crippen LogP contribution is 2.13. The smallest absolute Gasteiger partial charge is 0.321 e. The van der Waals surface area contributed by atoms with Gasteiger partial charge in [0.2, 0.25) is 5.95 Å². The van der Waals surface area contributed by atoms with Crippen molar-refractivity contribution in [2.75, 3.05) is 25.0 Å². The summed E-state index contributed by atoms with van der Waals surface area (Å²) >= 11 is 0. The predicted molar refractivity (Wildman–Crippen MR) is 77.5 cm³/mol. The zero-order valence-corrected chi connectivity index (χ0v) is 12.3. The van der Waals surface area contributed by atoms with Gasteiger partial charge in [-0.1, -0.05) is 6.42 Å². The maximum atomic E-state index is 11.7. The Kier molecular flexibility index (Phi) is 5.34. The Bertz CT molecular complexity index is 426. The van der Waals surface area contributed by atoms with Gasteiger partial charge in [0.15, 0.2) is 0 Å². The van der Waals surface area contributed by atoms with Gasteiger partial charge in [-0.3, -0.25) is 5.32 Å². The minimum atomic E-state index is -0.230. The van der Waals surface area contributed by atoms with Crippen LogP contribution in [0, 0.1) is 0 Å². The Morgan fingerprint density at radius 2 is 2.15 bits per heavy atom. The zero-order chi connectivity index (χ0) is 14.4. The fourth-order valence-electron chi connectivity index (χ4n) is 2.49. The molecule has 0 bridgehead atoms. The molecule has 1 aromatic rings. The van der Waals surface area contributed by atoms with Gasteiger partial charge in [-0.2, -0.15) is 10.1 Å². The molecule has 1 aliphatic heterocycles. The van der Waals surface area contributed by atoms with E-state index in [2.05, 4.69) is 32.5 Å². The minimum absolute atomic E-state index is 0.230. The Labute approximate surface area is 119 Å². The lowest BCUT2D eigenvalue weighted by molar-refractivity contribution is 0.166.